The quantitative estimate of drug-likeness (QED) is 0.865. The van der Waals surface area contributed by atoms with Crippen LogP contribution < -0.4 is 5.32 Å². The molecule has 26 heavy (non-hydrogen) atoms. The van der Waals surface area contributed by atoms with Gasteiger partial charge in [-0.15, -0.1) is 0 Å². The van der Waals surface area contributed by atoms with E-state index in [4.69, 9.17) is 9.47 Å². The third-order valence-electron chi connectivity index (χ3n) is 5.02. The molecule has 2 saturated heterocycles. The number of carbonyl (C=O) groups excluding carboxylic acids is 2. The molecule has 2 aromatic rings. The summed E-state index contributed by atoms with van der Waals surface area (Å²) in [6, 6.07) is 7.76. The van der Waals surface area contributed by atoms with Crippen molar-refractivity contribution in [3.63, 3.8) is 0 Å². The lowest BCUT2D eigenvalue weighted by atomic mass is 9.95. The number of ether oxygens (including phenoxy) is 2. The van der Waals surface area contributed by atoms with Crippen molar-refractivity contribution in [2.24, 2.45) is 0 Å². The molecule has 3 heterocycles. The van der Waals surface area contributed by atoms with Crippen LogP contribution in [0.15, 0.2) is 24.3 Å². The van der Waals surface area contributed by atoms with Crippen LogP contribution in [0.3, 0.4) is 0 Å². The van der Waals surface area contributed by atoms with E-state index >= 15 is 0 Å². The van der Waals surface area contributed by atoms with Crippen molar-refractivity contribution < 1.29 is 19.1 Å². The Kier molecular flexibility index (Phi) is 4.50. The smallest absolute Gasteiger partial charge is 0.407 e. The highest BCUT2D eigenvalue weighted by atomic mass is 16.6. The zero-order valence-corrected chi connectivity index (χ0v) is 14.5. The first-order valence-electron chi connectivity index (χ1n) is 8.90. The van der Waals surface area contributed by atoms with Gasteiger partial charge in [0.15, 0.2) is 0 Å². The number of hydrogen-bond acceptors (Lipinski definition) is 5. The van der Waals surface area contributed by atoms with Crippen LogP contribution in [0.5, 0.6) is 0 Å². The molecule has 2 N–H and O–H groups in total. The average Bonchev–Trinajstić information content (AvgIpc) is 3.14. The number of aromatic amines is 1. The highest BCUT2D eigenvalue weighted by molar-refractivity contribution is 5.77. The minimum Gasteiger partial charge on any atom is -0.441 e. The molecule has 1 atom stereocenters. The van der Waals surface area contributed by atoms with Gasteiger partial charge in [-0.3, -0.25) is 4.79 Å². The third kappa shape index (κ3) is 3.50. The van der Waals surface area contributed by atoms with E-state index in [1.54, 1.807) is 4.90 Å². The second-order valence-electron chi connectivity index (χ2n) is 6.85. The molecule has 0 saturated carbocycles. The molecule has 1 aromatic carbocycles. The first-order chi connectivity index (χ1) is 12.6. The molecular formula is C18H22N4O4. The maximum Gasteiger partial charge on any atom is 0.407 e. The van der Waals surface area contributed by atoms with Gasteiger partial charge in [-0.1, -0.05) is 12.1 Å². The van der Waals surface area contributed by atoms with Crippen LogP contribution in [-0.2, 0) is 20.9 Å². The molecule has 8 nitrogen and oxygen atoms in total. The van der Waals surface area contributed by atoms with Gasteiger partial charge in [-0.05, 0) is 25.0 Å². The monoisotopic (exact) mass is 358 g/mol. The first kappa shape index (κ1) is 16.8. The zero-order chi connectivity index (χ0) is 18.0. The fourth-order valence-electron chi connectivity index (χ4n) is 3.60. The number of rotatable bonds is 4. The Hall–Kier alpha value is -2.61. The Morgan fingerprint density at radius 1 is 1.31 bits per heavy atom. The fraction of sp³-hybridized carbons (Fsp3) is 0.500. The molecule has 0 radical (unpaired) electrons. The van der Waals surface area contributed by atoms with E-state index in [-0.39, 0.29) is 25.2 Å². The minimum atomic E-state index is -0.457. The number of likely N-dealkylation sites (tertiary alicyclic amines) is 1. The highest BCUT2D eigenvalue weighted by Gasteiger charge is 2.41. The number of amides is 2. The molecule has 2 fully saturated rings. The first-order valence-corrected chi connectivity index (χ1v) is 8.90. The number of carbonyl (C=O) groups is 2. The van der Waals surface area contributed by atoms with Crippen LogP contribution >= 0.6 is 0 Å². The normalized spacial score (nSPS) is 23.1. The SMILES string of the molecule is O=C1NCC2(CCCN(C(=O)COCc3nc4ccccc4[nH]3)CC2)O1. The summed E-state index contributed by atoms with van der Waals surface area (Å²) in [7, 11) is 0. The van der Waals surface area contributed by atoms with Crippen molar-refractivity contribution in [1.82, 2.24) is 20.2 Å². The molecule has 4 rings (SSSR count). The maximum absolute atomic E-state index is 12.4. The number of fused-ring (bicyclic) bond motifs is 1. The number of hydrogen-bond donors (Lipinski definition) is 2. The summed E-state index contributed by atoms with van der Waals surface area (Å²) < 4.78 is 11.0. The summed E-state index contributed by atoms with van der Waals surface area (Å²) in [5.74, 6) is 0.660. The molecule has 8 heteroatoms. The molecule has 1 aromatic heterocycles. The molecule has 2 aliphatic rings. The summed E-state index contributed by atoms with van der Waals surface area (Å²) >= 11 is 0. The number of imidazole rings is 1. The van der Waals surface area contributed by atoms with Gasteiger partial charge in [-0.25, -0.2) is 9.78 Å². The number of nitrogens with one attached hydrogen (secondary N) is 2. The van der Waals surface area contributed by atoms with E-state index in [2.05, 4.69) is 15.3 Å². The van der Waals surface area contributed by atoms with E-state index in [0.717, 1.165) is 23.9 Å². The average molecular weight is 358 g/mol. The minimum absolute atomic E-state index is 0.0160. The number of para-hydroxylation sites is 2. The van der Waals surface area contributed by atoms with E-state index in [1.165, 1.54) is 0 Å². The maximum atomic E-state index is 12.4. The number of H-pyrrole nitrogens is 1. The van der Waals surface area contributed by atoms with Gasteiger partial charge in [0, 0.05) is 19.5 Å². The number of aromatic nitrogens is 2. The summed E-state index contributed by atoms with van der Waals surface area (Å²) in [5.41, 5.74) is 1.38. The predicted octanol–water partition coefficient (Wildman–Crippen LogP) is 1.57. The van der Waals surface area contributed by atoms with Gasteiger partial charge in [0.05, 0.1) is 17.6 Å². The molecule has 1 spiro atoms. The standard InChI is InChI=1S/C18H22N4O4/c23-16(11-25-10-15-20-13-4-1-2-5-14(13)21-15)22-8-3-6-18(7-9-22)12-19-17(24)26-18/h1-2,4-5H,3,6-12H2,(H,19,24)(H,20,21). The van der Waals surface area contributed by atoms with Crippen LogP contribution in [0.4, 0.5) is 4.79 Å². The van der Waals surface area contributed by atoms with Gasteiger partial charge in [0.1, 0.15) is 24.6 Å². The van der Waals surface area contributed by atoms with Gasteiger partial charge in [0.2, 0.25) is 5.91 Å². The van der Waals surface area contributed by atoms with E-state index < -0.39 is 5.60 Å². The molecule has 1 unspecified atom stereocenters. The molecule has 0 aliphatic carbocycles. The zero-order valence-electron chi connectivity index (χ0n) is 14.5. The predicted molar refractivity (Wildman–Crippen MR) is 93.4 cm³/mol. The van der Waals surface area contributed by atoms with E-state index in [1.807, 2.05) is 24.3 Å². The molecule has 2 aliphatic heterocycles. The Balaban J connectivity index is 1.27. The summed E-state index contributed by atoms with van der Waals surface area (Å²) in [6.07, 6.45) is 1.87. The van der Waals surface area contributed by atoms with Crippen LogP contribution in [0, 0.1) is 0 Å². The lowest BCUT2D eigenvalue weighted by Crippen LogP contribution is -2.38. The largest absolute Gasteiger partial charge is 0.441 e. The Morgan fingerprint density at radius 2 is 2.19 bits per heavy atom. The van der Waals surface area contributed by atoms with Crippen molar-refractivity contribution in [3.8, 4) is 0 Å². The number of benzene rings is 1. The lowest BCUT2D eigenvalue weighted by Gasteiger charge is -2.24. The molecule has 138 valence electrons. The van der Waals surface area contributed by atoms with Gasteiger partial charge >= 0.3 is 6.09 Å². The van der Waals surface area contributed by atoms with Crippen molar-refractivity contribution in [2.45, 2.75) is 31.5 Å². The van der Waals surface area contributed by atoms with Crippen molar-refractivity contribution in [2.75, 3.05) is 26.2 Å². The number of alkyl carbamates (subject to hydrolysis) is 1. The highest BCUT2D eigenvalue weighted by Crippen LogP contribution is 2.29. The van der Waals surface area contributed by atoms with Crippen LogP contribution in [-0.4, -0.2) is 58.7 Å². The molecular weight excluding hydrogens is 336 g/mol. The summed E-state index contributed by atoms with van der Waals surface area (Å²) in [4.78, 5) is 33.2. The van der Waals surface area contributed by atoms with Gasteiger partial charge < -0.3 is 24.7 Å². The second kappa shape index (κ2) is 6.95. The molecule has 2 amide bonds. The van der Waals surface area contributed by atoms with Gasteiger partial charge in [-0.2, -0.15) is 0 Å². The second-order valence-corrected chi connectivity index (χ2v) is 6.85. The Morgan fingerprint density at radius 3 is 3.00 bits per heavy atom. The van der Waals surface area contributed by atoms with E-state index in [9.17, 15) is 9.59 Å². The Labute approximate surface area is 150 Å². The van der Waals surface area contributed by atoms with Gasteiger partial charge in [0.25, 0.3) is 0 Å². The van der Waals surface area contributed by atoms with Crippen molar-refractivity contribution in [1.29, 1.82) is 0 Å². The number of nitrogens with zero attached hydrogens (tertiary/aromatic N) is 2. The topological polar surface area (TPSA) is 96.5 Å². The summed E-state index contributed by atoms with van der Waals surface area (Å²) in [6.45, 7) is 2.03. The Bertz CT molecular complexity index is 787. The van der Waals surface area contributed by atoms with Crippen LogP contribution in [0.2, 0.25) is 0 Å². The van der Waals surface area contributed by atoms with Crippen LogP contribution in [0.1, 0.15) is 25.1 Å². The lowest BCUT2D eigenvalue weighted by molar-refractivity contribution is -0.136. The third-order valence-corrected chi connectivity index (χ3v) is 5.02. The van der Waals surface area contributed by atoms with Crippen molar-refractivity contribution >= 4 is 23.0 Å². The van der Waals surface area contributed by atoms with E-state index in [0.29, 0.717) is 31.9 Å². The molecule has 0 bridgehead atoms. The van der Waals surface area contributed by atoms with Crippen LogP contribution in [0.25, 0.3) is 11.0 Å². The fourth-order valence-corrected chi connectivity index (χ4v) is 3.60. The van der Waals surface area contributed by atoms with Crippen molar-refractivity contribution in [3.05, 3.63) is 30.1 Å². The summed E-state index contributed by atoms with van der Waals surface area (Å²) in [5, 5.41) is 2.72.